The van der Waals surface area contributed by atoms with Gasteiger partial charge in [-0.1, -0.05) is 41.9 Å². The summed E-state index contributed by atoms with van der Waals surface area (Å²) in [5, 5.41) is 0.740. The van der Waals surface area contributed by atoms with E-state index in [0.717, 1.165) is 21.6 Å². The van der Waals surface area contributed by atoms with Gasteiger partial charge in [-0.05, 0) is 23.8 Å². The van der Waals surface area contributed by atoms with E-state index in [0.29, 0.717) is 32.7 Å². The quantitative estimate of drug-likeness (QED) is 0.709. The number of aromatic nitrogens is 2. The molecule has 1 aromatic heterocycles. The zero-order valence-corrected chi connectivity index (χ0v) is 15.1. The minimum atomic E-state index is -0.0351. The molecule has 0 N–H and O–H groups in total. The minimum Gasteiger partial charge on any atom is -0.374 e. The maximum absolute atomic E-state index is 12.8. The predicted molar refractivity (Wildman–Crippen MR) is 101 cm³/mol. The predicted octanol–water partition coefficient (Wildman–Crippen LogP) is 3.16. The summed E-state index contributed by atoms with van der Waals surface area (Å²) in [4.78, 5) is 19.0. The fourth-order valence-corrected chi connectivity index (χ4v) is 3.57. The highest BCUT2D eigenvalue weighted by atomic mass is 35.5. The summed E-state index contributed by atoms with van der Waals surface area (Å²) in [6.07, 6.45) is 2.40. The normalized spacial score (nSPS) is 17.6. The van der Waals surface area contributed by atoms with Gasteiger partial charge in [0.15, 0.2) is 0 Å². The average Bonchev–Trinajstić information content (AvgIpc) is 3.07. The first-order valence-corrected chi connectivity index (χ1v) is 9.11. The molecule has 0 saturated carbocycles. The molecule has 0 bridgehead atoms. The standard InChI is InChI=1S/C20H20ClN3O2/c21-17-6-2-1-5-15(17)11-16-12-23(9-10-26-16)20(25)13-24-14-22-18-7-3-4-8-19(18)24/h1-8,14,16H,9-13H2/t16-/m1/s1. The lowest BCUT2D eigenvalue weighted by molar-refractivity contribution is -0.139. The SMILES string of the molecule is O=C(Cn1cnc2ccccc21)N1CCO[C@H](Cc2ccccc2Cl)C1. The number of nitrogens with zero attached hydrogens (tertiary/aromatic N) is 3. The first-order chi connectivity index (χ1) is 12.7. The number of morpholine rings is 1. The number of rotatable bonds is 4. The Hall–Kier alpha value is -2.37. The molecule has 26 heavy (non-hydrogen) atoms. The number of ether oxygens (including phenoxy) is 1. The molecule has 1 aliphatic rings. The van der Waals surface area contributed by atoms with Gasteiger partial charge >= 0.3 is 0 Å². The number of fused-ring (bicyclic) bond motifs is 1. The number of para-hydroxylation sites is 2. The number of benzene rings is 2. The molecule has 1 aliphatic heterocycles. The zero-order chi connectivity index (χ0) is 17.9. The Morgan fingerprint density at radius 1 is 1.19 bits per heavy atom. The summed E-state index contributed by atoms with van der Waals surface area (Å²) in [5.41, 5.74) is 2.93. The number of amides is 1. The van der Waals surface area contributed by atoms with Crippen LogP contribution in [0.15, 0.2) is 54.9 Å². The van der Waals surface area contributed by atoms with Gasteiger partial charge in [0.25, 0.3) is 0 Å². The number of halogens is 1. The second-order valence-electron chi connectivity index (χ2n) is 6.49. The van der Waals surface area contributed by atoms with Gasteiger partial charge in [-0.15, -0.1) is 0 Å². The van der Waals surface area contributed by atoms with Crippen LogP contribution in [0.2, 0.25) is 5.02 Å². The molecular formula is C20H20ClN3O2. The van der Waals surface area contributed by atoms with Gasteiger partial charge in [0, 0.05) is 24.5 Å². The van der Waals surface area contributed by atoms with Gasteiger partial charge in [-0.25, -0.2) is 4.98 Å². The molecule has 0 spiro atoms. The van der Waals surface area contributed by atoms with Crippen LogP contribution in [0.3, 0.4) is 0 Å². The second kappa shape index (κ2) is 7.48. The largest absolute Gasteiger partial charge is 0.374 e. The van der Waals surface area contributed by atoms with Gasteiger partial charge in [-0.3, -0.25) is 4.79 Å². The van der Waals surface area contributed by atoms with Gasteiger partial charge in [0.05, 0.1) is 30.1 Å². The lowest BCUT2D eigenvalue weighted by Crippen LogP contribution is -2.47. The molecule has 2 aromatic carbocycles. The highest BCUT2D eigenvalue weighted by Gasteiger charge is 2.25. The third-order valence-electron chi connectivity index (χ3n) is 4.73. The molecule has 2 heterocycles. The van der Waals surface area contributed by atoms with Crippen LogP contribution in [0.25, 0.3) is 11.0 Å². The fourth-order valence-electron chi connectivity index (χ4n) is 3.36. The molecule has 5 nitrogen and oxygen atoms in total. The molecule has 1 saturated heterocycles. The van der Waals surface area contributed by atoms with E-state index >= 15 is 0 Å². The number of hydrogen-bond donors (Lipinski definition) is 0. The third kappa shape index (κ3) is 3.59. The van der Waals surface area contributed by atoms with Crippen molar-refractivity contribution in [2.24, 2.45) is 0 Å². The topological polar surface area (TPSA) is 47.4 Å². The summed E-state index contributed by atoms with van der Waals surface area (Å²) in [7, 11) is 0. The maximum atomic E-state index is 12.8. The number of carbonyl (C=O) groups is 1. The lowest BCUT2D eigenvalue weighted by atomic mass is 10.1. The van der Waals surface area contributed by atoms with E-state index in [1.165, 1.54) is 0 Å². The highest BCUT2D eigenvalue weighted by molar-refractivity contribution is 6.31. The Labute approximate surface area is 157 Å². The van der Waals surface area contributed by atoms with Crippen molar-refractivity contribution in [1.29, 1.82) is 0 Å². The monoisotopic (exact) mass is 369 g/mol. The zero-order valence-electron chi connectivity index (χ0n) is 14.3. The highest BCUT2D eigenvalue weighted by Crippen LogP contribution is 2.20. The number of hydrogen-bond acceptors (Lipinski definition) is 3. The summed E-state index contributed by atoms with van der Waals surface area (Å²) in [5.74, 6) is 0.0839. The van der Waals surface area contributed by atoms with Crippen LogP contribution in [-0.4, -0.2) is 46.2 Å². The first-order valence-electron chi connectivity index (χ1n) is 8.73. The van der Waals surface area contributed by atoms with Crippen LogP contribution in [0, 0.1) is 0 Å². The van der Waals surface area contributed by atoms with Crippen molar-refractivity contribution in [3.05, 3.63) is 65.4 Å². The van der Waals surface area contributed by atoms with E-state index in [9.17, 15) is 4.79 Å². The van der Waals surface area contributed by atoms with Crippen molar-refractivity contribution in [3.8, 4) is 0 Å². The third-order valence-corrected chi connectivity index (χ3v) is 5.10. The van der Waals surface area contributed by atoms with Crippen molar-refractivity contribution >= 4 is 28.5 Å². The van der Waals surface area contributed by atoms with Crippen LogP contribution in [0.4, 0.5) is 0 Å². The van der Waals surface area contributed by atoms with Crippen LogP contribution in [-0.2, 0) is 22.5 Å². The number of carbonyl (C=O) groups excluding carboxylic acids is 1. The average molecular weight is 370 g/mol. The molecule has 3 aromatic rings. The molecule has 6 heteroatoms. The van der Waals surface area contributed by atoms with Crippen LogP contribution < -0.4 is 0 Å². The molecule has 1 atom stereocenters. The van der Waals surface area contributed by atoms with Gasteiger partial charge < -0.3 is 14.2 Å². The molecule has 1 amide bonds. The van der Waals surface area contributed by atoms with Crippen LogP contribution in [0.5, 0.6) is 0 Å². The summed E-state index contributed by atoms with van der Waals surface area (Å²) < 4.78 is 7.75. The second-order valence-corrected chi connectivity index (χ2v) is 6.90. The molecule has 0 aliphatic carbocycles. The van der Waals surface area contributed by atoms with Gasteiger partial charge in [-0.2, -0.15) is 0 Å². The van der Waals surface area contributed by atoms with E-state index in [1.54, 1.807) is 6.33 Å². The summed E-state index contributed by atoms with van der Waals surface area (Å²) in [6, 6.07) is 15.6. The molecule has 0 radical (unpaired) electrons. The van der Waals surface area contributed by atoms with Crippen molar-refractivity contribution in [1.82, 2.24) is 14.5 Å². The Kier molecular flexibility index (Phi) is 4.91. The molecule has 1 fully saturated rings. The Balaban J connectivity index is 1.42. The smallest absolute Gasteiger partial charge is 0.242 e. The number of imidazole rings is 1. The Bertz CT molecular complexity index is 924. The van der Waals surface area contributed by atoms with Crippen LogP contribution >= 0.6 is 11.6 Å². The molecule has 4 rings (SSSR count). The van der Waals surface area contributed by atoms with E-state index < -0.39 is 0 Å². The van der Waals surface area contributed by atoms with E-state index in [4.69, 9.17) is 16.3 Å². The minimum absolute atomic E-state index is 0.0351. The lowest BCUT2D eigenvalue weighted by Gasteiger charge is -2.33. The van der Waals surface area contributed by atoms with Crippen molar-refractivity contribution < 1.29 is 9.53 Å². The van der Waals surface area contributed by atoms with Crippen LogP contribution in [0.1, 0.15) is 5.56 Å². The van der Waals surface area contributed by atoms with Crippen molar-refractivity contribution in [2.75, 3.05) is 19.7 Å². The van der Waals surface area contributed by atoms with E-state index in [1.807, 2.05) is 58.0 Å². The summed E-state index contributed by atoms with van der Waals surface area (Å²) >= 11 is 6.25. The Morgan fingerprint density at radius 2 is 2.00 bits per heavy atom. The summed E-state index contributed by atoms with van der Waals surface area (Å²) in [6.45, 7) is 2.03. The first kappa shape index (κ1) is 17.1. The van der Waals surface area contributed by atoms with Gasteiger partial charge in [0.1, 0.15) is 6.54 Å². The van der Waals surface area contributed by atoms with E-state index in [2.05, 4.69) is 4.98 Å². The molecular weight excluding hydrogens is 350 g/mol. The molecule has 0 unspecified atom stereocenters. The van der Waals surface area contributed by atoms with Gasteiger partial charge in [0.2, 0.25) is 5.91 Å². The molecule has 134 valence electrons. The van der Waals surface area contributed by atoms with E-state index in [-0.39, 0.29) is 12.0 Å². The maximum Gasteiger partial charge on any atom is 0.242 e. The van der Waals surface area contributed by atoms with Crippen molar-refractivity contribution in [3.63, 3.8) is 0 Å². The van der Waals surface area contributed by atoms with Crippen molar-refractivity contribution in [2.45, 2.75) is 19.1 Å². The Morgan fingerprint density at radius 3 is 2.88 bits per heavy atom. The fraction of sp³-hybridized carbons (Fsp3) is 0.300.